The molecule has 1 amide bonds. The molecule has 0 atom stereocenters. The highest BCUT2D eigenvalue weighted by Crippen LogP contribution is 3.02. The molecule has 0 aliphatic heterocycles. The first kappa shape index (κ1) is 20.4. The third-order valence-electron chi connectivity index (χ3n) is 4.00. The molecule has 2 aromatic heterocycles. The Bertz CT molecular complexity index is 1080. The maximum absolute atomic E-state index is 12.9. The largest absolute Gasteiger partial charge is 0.347 e. The van der Waals surface area contributed by atoms with Gasteiger partial charge in [-0.2, -0.15) is 0 Å². The summed E-state index contributed by atoms with van der Waals surface area (Å²) < 4.78 is 66.2. The fraction of sp³-hybridized carbons (Fsp3) is 0.176. The second-order valence-electron chi connectivity index (χ2n) is 6.14. The third-order valence-corrected chi connectivity index (χ3v) is 5.37. The smallest absolute Gasteiger partial charge is 0.310 e. The summed E-state index contributed by atoms with van der Waals surface area (Å²) in [5.74, 6) is -0.607. The van der Waals surface area contributed by atoms with Gasteiger partial charge in [0.1, 0.15) is 16.2 Å². The lowest BCUT2D eigenvalue weighted by molar-refractivity contribution is 0.0944. The molecule has 0 aliphatic rings. The molecule has 0 bridgehead atoms. The van der Waals surface area contributed by atoms with Gasteiger partial charge in [-0.25, -0.2) is 4.98 Å². The van der Waals surface area contributed by atoms with Gasteiger partial charge in [-0.15, -0.1) is 0 Å². The van der Waals surface area contributed by atoms with Crippen LogP contribution in [-0.2, 0) is 13.0 Å². The Kier molecular flexibility index (Phi) is 4.43. The van der Waals surface area contributed by atoms with Gasteiger partial charge in [0.25, 0.3) is 5.91 Å². The van der Waals surface area contributed by atoms with E-state index in [1.165, 1.54) is 16.7 Å². The lowest BCUT2D eigenvalue weighted by Gasteiger charge is -2.40. The number of benzene rings is 1. The molecule has 0 fully saturated rings. The SMILES string of the molecule is CCc1nc2ccc(Cl)cn2c1C(=O)NCc1cccc(S(F)(F)(F)(F)F)c1. The van der Waals surface area contributed by atoms with E-state index in [-0.39, 0.29) is 17.8 Å². The van der Waals surface area contributed by atoms with Crippen LogP contribution in [0.1, 0.15) is 28.7 Å². The topological polar surface area (TPSA) is 46.4 Å². The molecule has 1 aromatic carbocycles. The Labute approximate surface area is 162 Å². The summed E-state index contributed by atoms with van der Waals surface area (Å²) in [6.07, 6.45) is 1.93. The standard InChI is InChI=1S/C17H15ClF5N3OS/c1-2-14-16(26-10-12(18)6-7-15(26)25-14)17(27)24-9-11-4-3-5-13(8-11)28(19,20,21,22)23/h3-8,10H,2,9H2,1H3,(H,24,27). The number of halogens is 6. The van der Waals surface area contributed by atoms with Crippen molar-refractivity contribution in [2.75, 3.05) is 0 Å². The zero-order valence-corrected chi connectivity index (χ0v) is 16.0. The van der Waals surface area contributed by atoms with Crippen LogP contribution in [-0.4, -0.2) is 15.3 Å². The van der Waals surface area contributed by atoms with E-state index in [1.807, 2.05) is 0 Å². The molecule has 28 heavy (non-hydrogen) atoms. The Balaban J connectivity index is 1.88. The van der Waals surface area contributed by atoms with Gasteiger partial charge in [0.05, 0.1) is 10.7 Å². The number of rotatable bonds is 5. The molecule has 0 radical (unpaired) electrons. The minimum atomic E-state index is -9.78. The molecule has 1 N–H and O–H groups in total. The predicted molar refractivity (Wildman–Crippen MR) is 98.6 cm³/mol. The summed E-state index contributed by atoms with van der Waals surface area (Å²) >= 11 is 5.95. The molecule has 0 saturated carbocycles. The van der Waals surface area contributed by atoms with Gasteiger partial charge >= 0.3 is 10.2 Å². The van der Waals surface area contributed by atoms with E-state index in [4.69, 9.17) is 11.6 Å². The lowest BCUT2D eigenvalue weighted by Crippen LogP contribution is -2.25. The molecule has 0 spiro atoms. The summed E-state index contributed by atoms with van der Waals surface area (Å²) in [6, 6.07) is 5.98. The van der Waals surface area contributed by atoms with E-state index in [0.29, 0.717) is 34.9 Å². The van der Waals surface area contributed by atoms with Crippen LogP contribution in [0.3, 0.4) is 0 Å². The van der Waals surface area contributed by atoms with Gasteiger partial charge in [0.2, 0.25) is 0 Å². The van der Waals surface area contributed by atoms with Crippen molar-refractivity contribution in [2.45, 2.75) is 24.8 Å². The van der Waals surface area contributed by atoms with E-state index in [2.05, 4.69) is 10.3 Å². The summed E-state index contributed by atoms with van der Waals surface area (Å²) in [6.45, 7) is 1.43. The molecule has 4 nitrogen and oxygen atoms in total. The molecule has 3 rings (SSSR count). The highest BCUT2D eigenvalue weighted by molar-refractivity contribution is 8.45. The Morgan fingerprint density at radius 1 is 1.18 bits per heavy atom. The van der Waals surface area contributed by atoms with E-state index >= 15 is 0 Å². The fourth-order valence-corrected chi connectivity index (χ4v) is 3.59. The van der Waals surface area contributed by atoms with Gasteiger partial charge in [0.15, 0.2) is 0 Å². The van der Waals surface area contributed by atoms with Gasteiger partial charge in [-0.1, -0.05) is 50.1 Å². The molecule has 2 heterocycles. The monoisotopic (exact) mass is 439 g/mol. The van der Waals surface area contributed by atoms with Crippen molar-refractivity contribution < 1.29 is 24.2 Å². The van der Waals surface area contributed by atoms with Crippen molar-refractivity contribution in [2.24, 2.45) is 0 Å². The minimum absolute atomic E-state index is 0.107. The van der Waals surface area contributed by atoms with Crippen LogP contribution < -0.4 is 5.32 Å². The number of fused-ring (bicyclic) bond motifs is 1. The molecule has 0 aliphatic carbocycles. The molecule has 0 unspecified atom stereocenters. The zero-order chi connectivity index (χ0) is 20.8. The molecular weight excluding hydrogens is 425 g/mol. The zero-order valence-electron chi connectivity index (χ0n) is 14.4. The highest BCUT2D eigenvalue weighted by Gasteiger charge is 2.65. The van der Waals surface area contributed by atoms with Crippen LogP contribution >= 0.6 is 21.8 Å². The number of aryl methyl sites for hydroxylation is 1. The van der Waals surface area contributed by atoms with Crippen molar-refractivity contribution in [3.63, 3.8) is 0 Å². The summed E-state index contributed by atoms with van der Waals surface area (Å²) in [7, 11) is -9.78. The first-order chi connectivity index (χ1) is 12.8. The summed E-state index contributed by atoms with van der Waals surface area (Å²) in [5.41, 5.74) is 1.03. The van der Waals surface area contributed by atoms with Crippen molar-refractivity contribution in [1.29, 1.82) is 0 Å². The van der Waals surface area contributed by atoms with E-state index in [1.54, 1.807) is 19.1 Å². The average molecular weight is 440 g/mol. The Hall–Kier alpha value is -2.33. The number of carbonyl (C=O) groups is 1. The van der Waals surface area contributed by atoms with Crippen LogP contribution in [0.2, 0.25) is 5.02 Å². The Morgan fingerprint density at radius 3 is 2.54 bits per heavy atom. The lowest BCUT2D eigenvalue weighted by atomic mass is 10.2. The first-order valence-corrected chi connectivity index (χ1v) is 10.4. The number of carbonyl (C=O) groups excluding carboxylic acids is 1. The van der Waals surface area contributed by atoms with E-state index in [0.717, 1.165) is 6.07 Å². The van der Waals surface area contributed by atoms with E-state index < -0.39 is 21.0 Å². The Morgan fingerprint density at radius 2 is 1.89 bits per heavy atom. The van der Waals surface area contributed by atoms with Crippen LogP contribution in [0, 0.1) is 0 Å². The van der Waals surface area contributed by atoms with Crippen LogP contribution in [0.15, 0.2) is 47.5 Å². The molecule has 152 valence electrons. The second kappa shape index (κ2) is 6.08. The number of hydrogen-bond acceptors (Lipinski definition) is 2. The number of nitrogens with one attached hydrogen (secondary N) is 1. The van der Waals surface area contributed by atoms with Crippen molar-refractivity contribution in [3.8, 4) is 0 Å². The van der Waals surface area contributed by atoms with Crippen molar-refractivity contribution in [3.05, 3.63) is 64.6 Å². The van der Waals surface area contributed by atoms with Crippen molar-refractivity contribution >= 4 is 33.4 Å². The number of pyridine rings is 1. The van der Waals surface area contributed by atoms with Crippen LogP contribution in [0.4, 0.5) is 19.4 Å². The van der Waals surface area contributed by atoms with Crippen LogP contribution in [0.25, 0.3) is 5.65 Å². The average Bonchev–Trinajstić information content (AvgIpc) is 2.95. The minimum Gasteiger partial charge on any atom is -0.347 e. The van der Waals surface area contributed by atoms with Gasteiger partial charge in [-0.05, 0) is 36.2 Å². The first-order valence-electron chi connectivity index (χ1n) is 8.06. The fourth-order valence-electron chi connectivity index (χ4n) is 2.72. The molecule has 11 heteroatoms. The molecular formula is C17H15ClF5N3OS. The van der Waals surface area contributed by atoms with Gasteiger partial charge in [-0.3, -0.25) is 9.20 Å². The van der Waals surface area contributed by atoms with Gasteiger partial charge in [0, 0.05) is 12.7 Å². The van der Waals surface area contributed by atoms with Crippen LogP contribution in [0.5, 0.6) is 0 Å². The number of nitrogens with zero attached hydrogens (tertiary/aromatic N) is 2. The number of imidazole rings is 1. The highest BCUT2D eigenvalue weighted by atomic mass is 35.5. The molecule has 3 aromatic rings. The van der Waals surface area contributed by atoms with E-state index in [9.17, 15) is 24.2 Å². The van der Waals surface area contributed by atoms with Gasteiger partial charge < -0.3 is 5.32 Å². The summed E-state index contributed by atoms with van der Waals surface area (Å²) in [4.78, 5) is 14.9. The number of amides is 1. The second-order valence-corrected chi connectivity index (χ2v) is 8.98. The molecule has 0 saturated heterocycles. The maximum Gasteiger partial charge on any atom is 0.310 e. The summed E-state index contributed by atoms with van der Waals surface area (Å²) in [5, 5.41) is 2.82. The predicted octanol–water partition coefficient (Wildman–Crippen LogP) is 6.14. The quantitative estimate of drug-likeness (QED) is 0.485. The number of aromatic nitrogens is 2. The van der Waals surface area contributed by atoms with Crippen molar-refractivity contribution in [1.82, 2.24) is 14.7 Å². The normalized spacial score (nSPS) is 14.5. The maximum atomic E-state index is 12.9. The number of hydrogen-bond donors (Lipinski definition) is 1. The third kappa shape index (κ3) is 4.22.